The number of aromatic nitrogens is 2. The summed E-state index contributed by atoms with van der Waals surface area (Å²) < 4.78 is 7.46. The highest BCUT2D eigenvalue weighted by molar-refractivity contribution is 5.82. The Bertz CT molecular complexity index is 503. The number of carbonyl (C=O) groups excluding carboxylic acids is 1. The third kappa shape index (κ3) is 3.25. The molecule has 2 saturated heterocycles. The fraction of sp³-hybridized carbons (Fsp3) is 0.714. The van der Waals surface area contributed by atoms with Gasteiger partial charge in [-0.15, -0.1) is 0 Å². The monoisotopic (exact) mass is 293 g/mol. The topological polar surface area (TPSA) is 85.4 Å². The molecule has 0 radical (unpaired) electrons. The van der Waals surface area contributed by atoms with Gasteiger partial charge in [0.2, 0.25) is 5.91 Å². The molecule has 3 N–H and O–H groups in total. The Balaban J connectivity index is 1.47. The molecule has 1 amide bonds. The maximum absolute atomic E-state index is 12.1. The smallest absolute Gasteiger partial charge is 0.241 e. The molecule has 3 heterocycles. The number of ether oxygens (including phenoxy) is 1. The van der Waals surface area contributed by atoms with Gasteiger partial charge in [0.15, 0.2) is 0 Å². The Morgan fingerprint density at radius 2 is 2.52 bits per heavy atom. The number of nitrogens with one attached hydrogen (secondary N) is 1. The number of morpholine rings is 1. The lowest BCUT2D eigenvalue weighted by Crippen LogP contribution is -2.50. The van der Waals surface area contributed by atoms with Crippen LogP contribution in [0.15, 0.2) is 12.4 Å². The molecule has 7 nitrogen and oxygen atoms in total. The molecule has 116 valence electrons. The molecular formula is C14H23N5O2. The molecule has 2 aliphatic heterocycles. The standard InChI is InChI=1S/C14H23N5O2/c1-18-7-10(5-17-18)13(15)14(20)16-6-12-8-19-4-2-3-11(19)9-21-12/h5,7,11-13H,2-4,6,8-9,15H2,1H3,(H,16,20). The molecule has 0 bridgehead atoms. The van der Waals surface area contributed by atoms with E-state index in [4.69, 9.17) is 10.5 Å². The third-order valence-electron chi connectivity index (χ3n) is 4.33. The molecule has 2 aliphatic rings. The Kier molecular flexibility index (Phi) is 4.23. The lowest BCUT2D eigenvalue weighted by Gasteiger charge is -2.35. The van der Waals surface area contributed by atoms with Crippen LogP contribution in [-0.4, -0.2) is 59.0 Å². The summed E-state index contributed by atoms with van der Waals surface area (Å²) in [6.07, 6.45) is 5.92. The average Bonchev–Trinajstić information content (AvgIpc) is 3.11. The number of nitrogens with two attached hydrogens (primary N) is 1. The van der Waals surface area contributed by atoms with Crippen LogP contribution in [0.2, 0.25) is 0 Å². The molecule has 3 rings (SSSR count). The van der Waals surface area contributed by atoms with Gasteiger partial charge < -0.3 is 15.8 Å². The first-order valence-electron chi connectivity index (χ1n) is 7.51. The number of hydrogen-bond acceptors (Lipinski definition) is 5. The number of hydrogen-bond donors (Lipinski definition) is 2. The van der Waals surface area contributed by atoms with Crippen molar-refractivity contribution in [1.29, 1.82) is 0 Å². The summed E-state index contributed by atoms with van der Waals surface area (Å²) in [5.41, 5.74) is 6.66. The highest BCUT2D eigenvalue weighted by Crippen LogP contribution is 2.22. The summed E-state index contributed by atoms with van der Waals surface area (Å²) in [5, 5.41) is 6.92. The van der Waals surface area contributed by atoms with E-state index in [0.717, 1.165) is 25.3 Å². The van der Waals surface area contributed by atoms with E-state index in [-0.39, 0.29) is 12.0 Å². The normalized spacial score (nSPS) is 27.3. The Labute approximate surface area is 124 Å². The van der Waals surface area contributed by atoms with Crippen LogP contribution in [0.5, 0.6) is 0 Å². The lowest BCUT2D eigenvalue weighted by molar-refractivity contribution is -0.124. The molecule has 1 aromatic rings. The van der Waals surface area contributed by atoms with Gasteiger partial charge in [0.1, 0.15) is 6.04 Å². The van der Waals surface area contributed by atoms with Gasteiger partial charge in [0.25, 0.3) is 0 Å². The molecule has 21 heavy (non-hydrogen) atoms. The van der Waals surface area contributed by atoms with Crippen molar-refractivity contribution in [3.8, 4) is 0 Å². The summed E-state index contributed by atoms with van der Waals surface area (Å²) >= 11 is 0. The van der Waals surface area contributed by atoms with Crippen LogP contribution in [0.4, 0.5) is 0 Å². The van der Waals surface area contributed by atoms with Crippen LogP contribution < -0.4 is 11.1 Å². The molecule has 0 aliphatic carbocycles. The van der Waals surface area contributed by atoms with Gasteiger partial charge in [-0.3, -0.25) is 14.4 Å². The summed E-state index contributed by atoms with van der Waals surface area (Å²) in [5.74, 6) is -0.185. The van der Waals surface area contributed by atoms with E-state index in [1.165, 1.54) is 12.8 Å². The van der Waals surface area contributed by atoms with Crippen molar-refractivity contribution in [3.63, 3.8) is 0 Å². The molecule has 1 aromatic heterocycles. The number of amides is 1. The zero-order valence-corrected chi connectivity index (χ0v) is 12.4. The Morgan fingerprint density at radius 3 is 3.29 bits per heavy atom. The van der Waals surface area contributed by atoms with Crippen LogP contribution in [0.25, 0.3) is 0 Å². The predicted octanol–water partition coefficient (Wildman–Crippen LogP) is -0.601. The minimum atomic E-state index is -0.679. The van der Waals surface area contributed by atoms with E-state index in [9.17, 15) is 4.79 Å². The highest BCUT2D eigenvalue weighted by Gasteiger charge is 2.32. The van der Waals surface area contributed by atoms with Gasteiger partial charge in [0.05, 0.1) is 18.9 Å². The summed E-state index contributed by atoms with van der Waals surface area (Å²) in [7, 11) is 1.80. The van der Waals surface area contributed by atoms with Crippen molar-refractivity contribution < 1.29 is 9.53 Å². The number of carbonyl (C=O) groups is 1. The summed E-state index contributed by atoms with van der Waals surface area (Å²) in [6.45, 7) is 3.33. The van der Waals surface area contributed by atoms with Crippen LogP contribution in [0.3, 0.4) is 0 Å². The molecule has 7 heteroatoms. The first-order chi connectivity index (χ1) is 10.1. The molecule has 3 atom stereocenters. The van der Waals surface area contributed by atoms with E-state index < -0.39 is 6.04 Å². The number of nitrogens with zero attached hydrogens (tertiary/aromatic N) is 3. The van der Waals surface area contributed by atoms with E-state index in [1.54, 1.807) is 24.1 Å². The first-order valence-corrected chi connectivity index (χ1v) is 7.51. The Hall–Kier alpha value is -1.44. The lowest BCUT2D eigenvalue weighted by atomic mass is 10.1. The second-order valence-electron chi connectivity index (χ2n) is 5.92. The second kappa shape index (κ2) is 6.13. The van der Waals surface area contributed by atoms with E-state index >= 15 is 0 Å². The minimum Gasteiger partial charge on any atom is -0.373 e. The fourth-order valence-electron chi connectivity index (χ4n) is 3.09. The fourth-order valence-corrected chi connectivity index (χ4v) is 3.09. The van der Waals surface area contributed by atoms with Crippen molar-refractivity contribution in [1.82, 2.24) is 20.0 Å². The molecule has 2 fully saturated rings. The predicted molar refractivity (Wildman–Crippen MR) is 77.5 cm³/mol. The first kappa shape index (κ1) is 14.5. The van der Waals surface area contributed by atoms with E-state index in [2.05, 4.69) is 15.3 Å². The quantitative estimate of drug-likeness (QED) is 0.774. The van der Waals surface area contributed by atoms with Crippen molar-refractivity contribution in [2.24, 2.45) is 12.8 Å². The van der Waals surface area contributed by atoms with E-state index in [1.807, 2.05) is 0 Å². The minimum absolute atomic E-state index is 0.0596. The maximum Gasteiger partial charge on any atom is 0.241 e. The van der Waals surface area contributed by atoms with E-state index in [0.29, 0.717) is 12.6 Å². The van der Waals surface area contributed by atoms with Gasteiger partial charge >= 0.3 is 0 Å². The zero-order chi connectivity index (χ0) is 14.8. The van der Waals surface area contributed by atoms with Crippen molar-refractivity contribution in [2.45, 2.75) is 31.0 Å². The molecular weight excluding hydrogens is 270 g/mol. The van der Waals surface area contributed by atoms with Crippen molar-refractivity contribution in [3.05, 3.63) is 18.0 Å². The second-order valence-corrected chi connectivity index (χ2v) is 5.92. The van der Waals surface area contributed by atoms with Gasteiger partial charge in [-0.25, -0.2) is 0 Å². The van der Waals surface area contributed by atoms with Gasteiger partial charge in [-0.2, -0.15) is 5.10 Å². The SMILES string of the molecule is Cn1cc(C(N)C(=O)NCC2CN3CCCC3CO2)cn1. The van der Waals surface area contributed by atoms with Gasteiger partial charge in [0, 0.05) is 37.9 Å². The van der Waals surface area contributed by atoms with Crippen LogP contribution in [-0.2, 0) is 16.6 Å². The van der Waals surface area contributed by atoms with Crippen LogP contribution in [0, 0.1) is 0 Å². The Morgan fingerprint density at radius 1 is 1.67 bits per heavy atom. The molecule has 0 aromatic carbocycles. The largest absolute Gasteiger partial charge is 0.373 e. The number of aryl methyl sites for hydroxylation is 1. The number of rotatable bonds is 4. The third-order valence-corrected chi connectivity index (χ3v) is 4.33. The molecule has 0 spiro atoms. The number of fused-ring (bicyclic) bond motifs is 1. The van der Waals surface area contributed by atoms with Gasteiger partial charge in [-0.1, -0.05) is 0 Å². The molecule has 0 saturated carbocycles. The summed E-state index contributed by atoms with van der Waals surface area (Å²) in [4.78, 5) is 14.5. The molecule has 3 unspecified atom stereocenters. The van der Waals surface area contributed by atoms with Crippen molar-refractivity contribution >= 4 is 5.91 Å². The zero-order valence-electron chi connectivity index (χ0n) is 12.4. The average molecular weight is 293 g/mol. The van der Waals surface area contributed by atoms with Gasteiger partial charge in [-0.05, 0) is 19.4 Å². The van der Waals surface area contributed by atoms with Crippen molar-refractivity contribution in [2.75, 3.05) is 26.2 Å². The summed E-state index contributed by atoms with van der Waals surface area (Å²) in [6, 6.07) is -0.101. The maximum atomic E-state index is 12.1. The van der Waals surface area contributed by atoms with Crippen LogP contribution in [0.1, 0.15) is 24.4 Å². The highest BCUT2D eigenvalue weighted by atomic mass is 16.5. The van der Waals surface area contributed by atoms with Crippen LogP contribution >= 0.6 is 0 Å².